The van der Waals surface area contributed by atoms with E-state index in [1.165, 1.54) is 11.6 Å². The van der Waals surface area contributed by atoms with Crippen LogP contribution in [0.4, 0.5) is 8.78 Å². The van der Waals surface area contributed by atoms with E-state index in [2.05, 4.69) is 49.0 Å². The number of hydrogen-bond acceptors (Lipinski definition) is 5. The number of oxime groups is 1. The van der Waals surface area contributed by atoms with E-state index in [9.17, 15) is 8.78 Å². The van der Waals surface area contributed by atoms with E-state index in [0.29, 0.717) is 29.5 Å². The zero-order chi connectivity index (χ0) is 25.1. The van der Waals surface area contributed by atoms with Gasteiger partial charge < -0.3 is 9.24 Å². The number of halogens is 2. The van der Waals surface area contributed by atoms with Gasteiger partial charge in [-0.15, -0.1) is 0 Å². The average Bonchev–Trinajstić information content (AvgIpc) is 3.27. The fraction of sp³-hybridized carbons (Fsp3) is 0.321. The highest BCUT2D eigenvalue weighted by Crippen LogP contribution is 2.29. The van der Waals surface area contributed by atoms with Crippen molar-refractivity contribution in [1.82, 2.24) is 19.3 Å². The summed E-state index contributed by atoms with van der Waals surface area (Å²) in [6.07, 6.45) is 8.31. The van der Waals surface area contributed by atoms with Crippen molar-refractivity contribution in [3.8, 4) is 0 Å². The van der Waals surface area contributed by atoms with Crippen LogP contribution in [0.1, 0.15) is 53.8 Å². The fourth-order valence-electron chi connectivity index (χ4n) is 4.74. The molecule has 4 aromatic rings. The van der Waals surface area contributed by atoms with Crippen LogP contribution in [0, 0.1) is 18.6 Å². The summed E-state index contributed by atoms with van der Waals surface area (Å²) < 4.78 is 29.3. The number of imidazole rings is 1. The molecule has 8 heteroatoms. The van der Waals surface area contributed by atoms with Gasteiger partial charge in [-0.2, -0.15) is 0 Å². The Morgan fingerprint density at radius 2 is 1.89 bits per heavy atom. The molecule has 0 unspecified atom stereocenters. The van der Waals surface area contributed by atoms with Crippen molar-refractivity contribution in [3.63, 3.8) is 0 Å². The lowest BCUT2D eigenvalue weighted by atomic mass is 9.90. The Balaban J connectivity index is 1.23. The number of likely N-dealkylation sites (tertiary alicyclic amines) is 1. The summed E-state index contributed by atoms with van der Waals surface area (Å²) >= 11 is 0. The van der Waals surface area contributed by atoms with Crippen LogP contribution >= 0.6 is 0 Å². The van der Waals surface area contributed by atoms with Crippen molar-refractivity contribution < 1.29 is 13.6 Å². The van der Waals surface area contributed by atoms with Gasteiger partial charge in [0.15, 0.2) is 11.6 Å². The summed E-state index contributed by atoms with van der Waals surface area (Å²) in [6.45, 7) is 7.02. The van der Waals surface area contributed by atoms with Crippen LogP contribution in [-0.4, -0.2) is 44.7 Å². The van der Waals surface area contributed by atoms with Gasteiger partial charge in [-0.3, -0.25) is 9.88 Å². The molecule has 5 rings (SSSR count). The zero-order valence-electron chi connectivity index (χ0n) is 20.5. The second-order valence-corrected chi connectivity index (χ2v) is 9.20. The lowest BCUT2D eigenvalue weighted by Crippen LogP contribution is -2.32. The standard InChI is InChI=1S/C28H29F2N5O/c1-3-36-33-28(22-5-7-24(29)25(30)14-22)26-8-4-20(15-31-26)17-34-12-10-21(11-13-34)23-6-9-27-32-19(2)16-35(27)18-23/h4-9,14-16,18,21H,3,10-13,17H2,1-2H3. The molecule has 186 valence electrons. The molecule has 6 nitrogen and oxygen atoms in total. The van der Waals surface area contributed by atoms with Gasteiger partial charge in [0.25, 0.3) is 0 Å². The molecule has 0 radical (unpaired) electrons. The maximum Gasteiger partial charge on any atom is 0.159 e. The normalized spacial score (nSPS) is 15.5. The average molecular weight is 490 g/mol. The van der Waals surface area contributed by atoms with E-state index in [4.69, 9.17) is 4.84 Å². The highest BCUT2D eigenvalue weighted by molar-refractivity contribution is 6.11. The van der Waals surface area contributed by atoms with Crippen LogP contribution in [0.15, 0.2) is 66.2 Å². The van der Waals surface area contributed by atoms with Crippen LogP contribution < -0.4 is 0 Å². The van der Waals surface area contributed by atoms with E-state index >= 15 is 0 Å². The predicted octanol–water partition coefficient (Wildman–Crippen LogP) is 5.48. The second kappa shape index (κ2) is 10.5. The first-order valence-corrected chi connectivity index (χ1v) is 12.3. The third kappa shape index (κ3) is 5.28. The van der Waals surface area contributed by atoms with Gasteiger partial charge in [0, 0.05) is 30.7 Å². The first kappa shape index (κ1) is 24.1. The summed E-state index contributed by atoms with van der Waals surface area (Å²) in [5.41, 5.74) is 5.80. The molecule has 0 saturated carbocycles. The number of nitrogens with zero attached hydrogens (tertiary/aromatic N) is 5. The molecule has 0 atom stereocenters. The van der Waals surface area contributed by atoms with Crippen molar-refractivity contribution in [2.75, 3.05) is 19.7 Å². The van der Waals surface area contributed by atoms with Crippen LogP contribution in [0.2, 0.25) is 0 Å². The maximum absolute atomic E-state index is 13.8. The van der Waals surface area contributed by atoms with Gasteiger partial charge in [-0.25, -0.2) is 13.8 Å². The molecule has 1 aliphatic rings. The minimum absolute atomic E-state index is 0.358. The van der Waals surface area contributed by atoms with Gasteiger partial charge in [-0.1, -0.05) is 17.3 Å². The first-order chi connectivity index (χ1) is 17.5. The summed E-state index contributed by atoms with van der Waals surface area (Å²) in [5, 5.41) is 4.11. The number of hydrogen-bond donors (Lipinski definition) is 0. The maximum atomic E-state index is 13.8. The Bertz CT molecular complexity index is 1370. The molecule has 0 spiro atoms. The van der Waals surface area contributed by atoms with Gasteiger partial charge in [-0.05, 0) is 87.2 Å². The first-order valence-electron chi connectivity index (χ1n) is 12.3. The number of fused-ring (bicyclic) bond motifs is 1. The van der Waals surface area contributed by atoms with Crippen molar-refractivity contribution in [2.24, 2.45) is 5.16 Å². The van der Waals surface area contributed by atoms with E-state index < -0.39 is 11.6 Å². The highest BCUT2D eigenvalue weighted by Gasteiger charge is 2.21. The quantitative estimate of drug-likeness (QED) is 0.255. The number of pyridine rings is 2. The number of benzene rings is 1. The monoisotopic (exact) mass is 489 g/mol. The molecular weight excluding hydrogens is 460 g/mol. The molecule has 0 N–H and O–H groups in total. The number of aryl methyl sites for hydroxylation is 1. The van der Waals surface area contributed by atoms with Crippen molar-refractivity contribution in [2.45, 2.75) is 39.2 Å². The molecule has 36 heavy (non-hydrogen) atoms. The molecule has 0 bridgehead atoms. The number of piperidine rings is 1. The Kier molecular flexibility index (Phi) is 7.04. The van der Waals surface area contributed by atoms with E-state index in [1.54, 1.807) is 0 Å². The number of aromatic nitrogens is 3. The van der Waals surface area contributed by atoms with Crippen LogP contribution in [-0.2, 0) is 11.4 Å². The molecule has 0 aliphatic carbocycles. The summed E-state index contributed by atoms with van der Waals surface area (Å²) in [6, 6.07) is 11.8. The summed E-state index contributed by atoms with van der Waals surface area (Å²) in [4.78, 5) is 16.7. The molecule has 4 heterocycles. The van der Waals surface area contributed by atoms with Crippen molar-refractivity contribution in [3.05, 3.63) is 101 Å². The summed E-state index contributed by atoms with van der Waals surface area (Å²) in [7, 11) is 0. The van der Waals surface area contributed by atoms with Crippen LogP contribution in [0.5, 0.6) is 0 Å². The predicted molar refractivity (Wildman–Crippen MR) is 135 cm³/mol. The number of rotatable bonds is 7. The van der Waals surface area contributed by atoms with E-state index in [-0.39, 0.29) is 0 Å². The Morgan fingerprint density at radius 1 is 1.06 bits per heavy atom. The molecule has 1 aromatic carbocycles. The Labute approximate surface area is 209 Å². The SMILES string of the molecule is CCON=C(c1ccc(F)c(F)c1)c1ccc(CN2CCC(c3ccc4nc(C)cn4c3)CC2)cn1. The Morgan fingerprint density at radius 3 is 2.61 bits per heavy atom. The minimum atomic E-state index is -0.934. The van der Waals surface area contributed by atoms with E-state index in [1.807, 2.05) is 32.2 Å². The Hall–Kier alpha value is -3.65. The smallest absolute Gasteiger partial charge is 0.159 e. The van der Waals surface area contributed by atoms with Gasteiger partial charge >= 0.3 is 0 Å². The van der Waals surface area contributed by atoms with Crippen molar-refractivity contribution in [1.29, 1.82) is 0 Å². The molecule has 0 amide bonds. The molecule has 1 aliphatic heterocycles. The van der Waals surface area contributed by atoms with Gasteiger partial charge in [0.1, 0.15) is 18.0 Å². The lowest BCUT2D eigenvalue weighted by Gasteiger charge is -2.32. The molecular formula is C28H29F2N5O. The van der Waals surface area contributed by atoms with Crippen LogP contribution in [0.3, 0.4) is 0 Å². The highest BCUT2D eigenvalue weighted by atomic mass is 19.2. The lowest BCUT2D eigenvalue weighted by molar-refractivity contribution is 0.159. The second-order valence-electron chi connectivity index (χ2n) is 9.20. The topological polar surface area (TPSA) is 55.0 Å². The van der Waals surface area contributed by atoms with Gasteiger partial charge in [0.05, 0.1) is 11.4 Å². The third-order valence-electron chi connectivity index (χ3n) is 6.60. The van der Waals surface area contributed by atoms with Crippen LogP contribution in [0.25, 0.3) is 5.65 Å². The van der Waals surface area contributed by atoms with Gasteiger partial charge in [0.2, 0.25) is 0 Å². The summed E-state index contributed by atoms with van der Waals surface area (Å²) in [5.74, 6) is -1.29. The third-order valence-corrected chi connectivity index (χ3v) is 6.60. The largest absolute Gasteiger partial charge is 0.396 e. The fourth-order valence-corrected chi connectivity index (χ4v) is 4.74. The molecule has 3 aromatic heterocycles. The molecule has 1 saturated heterocycles. The molecule has 1 fully saturated rings. The van der Waals surface area contributed by atoms with E-state index in [0.717, 1.165) is 61.5 Å². The minimum Gasteiger partial charge on any atom is -0.396 e. The zero-order valence-corrected chi connectivity index (χ0v) is 20.5. The van der Waals surface area contributed by atoms with Crippen molar-refractivity contribution >= 4 is 11.4 Å².